The van der Waals surface area contributed by atoms with Crippen molar-refractivity contribution in [1.29, 1.82) is 0 Å². The van der Waals surface area contributed by atoms with E-state index in [1.165, 1.54) is 28.6 Å². The fourth-order valence-corrected chi connectivity index (χ4v) is 5.10. The molecule has 0 spiro atoms. The molecule has 0 saturated carbocycles. The van der Waals surface area contributed by atoms with Crippen LogP contribution in [-0.2, 0) is 19.1 Å². The molecule has 1 aromatic heterocycles. The molecular formula is C28H27BrF3N5O3. The molecule has 8 nitrogen and oxygen atoms in total. The third kappa shape index (κ3) is 5.53. The summed E-state index contributed by atoms with van der Waals surface area (Å²) in [6, 6.07) is 9.40. The zero-order chi connectivity index (χ0) is 29.4. The van der Waals surface area contributed by atoms with Crippen LogP contribution < -0.4 is 15.8 Å². The minimum absolute atomic E-state index is 0.0482. The maximum Gasteiger partial charge on any atom is 0.417 e. The first-order chi connectivity index (χ1) is 18.9. The predicted octanol–water partition coefficient (Wildman–Crippen LogP) is 4.58. The van der Waals surface area contributed by atoms with Crippen molar-refractivity contribution in [2.75, 3.05) is 25.5 Å². The van der Waals surface area contributed by atoms with Crippen LogP contribution in [0.3, 0.4) is 0 Å². The second kappa shape index (κ2) is 11.3. The van der Waals surface area contributed by atoms with E-state index in [-0.39, 0.29) is 34.5 Å². The van der Waals surface area contributed by atoms with E-state index in [2.05, 4.69) is 27.8 Å². The summed E-state index contributed by atoms with van der Waals surface area (Å²) in [5.74, 6) is -0.563. The van der Waals surface area contributed by atoms with Gasteiger partial charge >= 0.3 is 6.18 Å². The minimum Gasteiger partial charge on any atom is -0.355 e. The Morgan fingerprint density at radius 2 is 1.85 bits per heavy atom. The molecule has 0 saturated heterocycles. The van der Waals surface area contributed by atoms with Crippen LogP contribution in [0.15, 0.2) is 64.4 Å². The molecule has 3 aromatic rings. The highest BCUT2D eigenvalue weighted by molar-refractivity contribution is 9.10. The standard InChI is InChI=1S/C28H27BrF3N5O3/c1-5-12-35(4)27-34-23-15-36(25(39)18-8-11-22(29)21(14-18)28(30,31)32)16(2)13-20(23)26(40)37(27)19-9-6-17(7-10-19)24(38)33-3/h5-11,14,16H,1,12-13,15H2,2-4H3,(H,33,38)/t16-/m1/s1. The summed E-state index contributed by atoms with van der Waals surface area (Å²) < 4.78 is 41.7. The lowest BCUT2D eigenvalue weighted by Crippen LogP contribution is -2.46. The van der Waals surface area contributed by atoms with Gasteiger partial charge in [0, 0.05) is 47.8 Å². The van der Waals surface area contributed by atoms with Gasteiger partial charge < -0.3 is 15.1 Å². The molecule has 1 aliphatic rings. The molecule has 4 rings (SSSR count). The number of nitrogens with zero attached hydrogens (tertiary/aromatic N) is 4. The second-order valence-corrected chi connectivity index (χ2v) is 10.3. The summed E-state index contributed by atoms with van der Waals surface area (Å²) in [4.78, 5) is 47.1. The van der Waals surface area contributed by atoms with E-state index < -0.39 is 23.7 Å². The van der Waals surface area contributed by atoms with Crippen LogP contribution in [-0.4, -0.2) is 52.9 Å². The molecule has 2 heterocycles. The van der Waals surface area contributed by atoms with Gasteiger partial charge in [-0.25, -0.2) is 9.55 Å². The molecule has 0 fully saturated rings. The van der Waals surface area contributed by atoms with Crippen LogP contribution in [0.4, 0.5) is 19.1 Å². The van der Waals surface area contributed by atoms with Gasteiger partial charge in [0.15, 0.2) is 0 Å². The van der Waals surface area contributed by atoms with Gasteiger partial charge in [-0.15, -0.1) is 6.58 Å². The smallest absolute Gasteiger partial charge is 0.355 e. The van der Waals surface area contributed by atoms with Crippen LogP contribution in [0.5, 0.6) is 0 Å². The highest BCUT2D eigenvalue weighted by Gasteiger charge is 2.36. The molecule has 210 valence electrons. The summed E-state index contributed by atoms with van der Waals surface area (Å²) in [5, 5.41) is 2.55. The number of hydrogen-bond donors (Lipinski definition) is 1. The van der Waals surface area contributed by atoms with E-state index >= 15 is 0 Å². The van der Waals surface area contributed by atoms with Gasteiger partial charge in [-0.1, -0.05) is 22.0 Å². The van der Waals surface area contributed by atoms with E-state index in [0.717, 1.165) is 6.07 Å². The quantitative estimate of drug-likeness (QED) is 0.409. The van der Waals surface area contributed by atoms with Gasteiger partial charge in [0.05, 0.1) is 23.5 Å². The molecule has 1 N–H and O–H groups in total. The Balaban J connectivity index is 1.78. The number of nitrogens with one attached hydrogen (secondary N) is 1. The van der Waals surface area contributed by atoms with Gasteiger partial charge in [-0.2, -0.15) is 13.2 Å². The number of carbonyl (C=O) groups is 2. The van der Waals surface area contributed by atoms with Crippen molar-refractivity contribution in [2.45, 2.75) is 32.1 Å². The van der Waals surface area contributed by atoms with Gasteiger partial charge in [-0.3, -0.25) is 14.4 Å². The SMILES string of the molecule is C=CCN(C)c1nc2c(c(=O)n1-c1ccc(C(=O)NC)cc1)C[C@@H](C)N(C(=O)c1ccc(Br)c(C(F)(F)F)c1)C2. The van der Waals surface area contributed by atoms with Crippen molar-refractivity contribution in [2.24, 2.45) is 0 Å². The Bertz CT molecular complexity index is 1540. The molecule has 40 heavy (non-hydrogen) atoms. The van der Waals surface area contributed by atoms with E-state index in [1.807, 2.05) is 0 Å². The second-order valence-electron chi connectivity index (χ2n) is 9.45. The normalized spacial score (nSPS) is 14.9. The number of anilines is 1. The first kappa shape index (κ1) is 29.1. The highest BCUT2D eigenvalue weighted by Crippen LogP contribution is 2.36. The van der Waals surface area contributed by atoms with Crippen molar-refractivity contribution in [1.82, 2.24) is 19.8 Å². The predicted molar refractivity (Wildman–Crippen MR) is 149 cm³/mol. The fraction of sp³-hybridized carbons (Fsp3) is 0.286. The molecule has 1 aliphatic heterocycles. The Hall–Kier alpha value is -3.93. The lowest BCUT2D eigenvalue weighted by atomic mass is 9.98. The monoisotopic (exact) mass is 617 g/mol. The molecular weight excluding hydrogens is 591 g/mol. The largest absolute Gasteiger partial charge is 0.417 e. The maximum absolute atomic E-state index is 13.9. The Morgan fingerprint density at radius 1 is 1.20 bits per heavy atom. The van der Waals surface area contributed by atoms with Crippen LogP contribution in [0.25, 0.3) is 5.69 Å². The number of benzene rings is 2. The first-order valence-electron chi connectivity index (χ1n) is 12.3. The minimum atomic E-state index is -4.63. The number of alkyl halides is 3. The van der Waals surface area contributed by atoms with Gasteiger partial charge in [0.1, 0.15) is 0 Å². The summed E-state index contributed by atoms with van der Waals surface area (Å²) in [7, 11) is 3.26. The Kier molecular flexibility index (Phi) is 8.20. The van der Waals surface area contributed by atoms with Crippen molar-refractivity contribution in [3.8, 4) is 5.69 Å². The Morgan fingerprint density at radius 3 is 2.45 bits per heavy atom. The zero-order valence-electron chi connectivity index (χ0n) is 22.1. The summed E-state index contributed by atoms with van der Waals surface area (Å²) >= 11 is 2.90. The number of halogens is 4. The number of fused-ring (bicyclic) bond motifs is 1. The first-order valence-corrected chi connectivity index (χ1v) is 13.1. The van der Waals surface area contributed by atoms with Crippen molar-refractivity contribution in [3.05, 3.63) is 97.9 Å². The van der Waals surface area contributed by atoms with Crippen molar-refractivity contribution >= 4 is 33.7 Å². The van der Waals surface area contributed by atoms with Crippen LogP contribution in [0.1, 0.15) is 44.5 Å². The van der Waals surface area contributed by atoms with E-state index in [0.29, 0.717) is 35.0 Å². The van der Waals surface area contributed by atoms with Gasteiger partial charge in [0.2, 0.25) is 5.95 Å². The van der Waals surface area contributed by atoms with E-state index in [1.54, 1.807) is 49.2 Å². The van der Waals surface area contributed by atoms with Crippen molar-refractivity contribution in [3.63, 3.8) is 0 Å². The molecule has 0 bridgehead atoms. The summed E-state index contributed by atoms with van der Waals surface area (Å²) in [5.41, 5.74) is 0.323. The average Bonchev–Trinajstić information content (AvgIpc) is 2.92. The molecule has 0 aliphatic carbocycles. The molecule has 1 atom stereocenters. The van der Waals surface area contributed by atoms with Crippen LogP contribution in [0, 0.1) is 0 Å². The number of hydrogen-bond acceptors (Lipinski definition) is 5. The average molecular weight is 618 g/mol. The third-order valence-electron chi connectivity index (χ3n) is 6.73. The number of aromatic nitrogens is 2. The van der Waals surface area contributed by atoms with E-state index in [4.69, 9.17) is 4.98 Å². The molecule has 0 unspecified atom stereocenters. The summed E-state index contributed by atoms with van der Waals surface area (Å²) in [6.45, 7) is 5.80. The maximum atomic E-state index is 13.9. The molecule has 12 heteroatoms. The molecule has 2 aromatic carbocycles. The number of carbonyl (C=O) groups excluding carboxylic acids is 2. The highest BCUT2D eigenvalue weighted by atomic mass is 79.9. The zero-order valence-corrected chi connectivity index (χ0v) is 23.6. The number of likely N-dealkylation sites (N-methyl/N-ethyl adjacent to an activating group) is 1. The Labute approximate surface area is 237 Å². The lowest BCUT2D eigenvalue weighted by molar-refractivity contribution is -0.138. The van der Waals surface area contributed by atoms with Gasteiger partial charge in [-0.05, 0) is 55.8 Å². The molecule has 0 radical (unpaired) electrons. The van der Waals surface area contributed by atoms with Crippen LogP contribution >= 0.6 is 15.9 Å². The van der Waals surface area contributed by atoms with Gasteiger partial charge in [0.25, 0.3) is 17.4 Å². The van der Waals surface area contributed by atoms with Crippen molar-refractivity contribution < 1.29 is 22.8 Å². The summed E-state index contributed by atoms with van der Waals surface area (Å²) in [6.07, 6.45) is -2.82. The number of rotatable bonds is 6. The topological polar surface area (TPSA) is 87.5 Å². The third-order valence-corrected chi connectivity index (χ3v) is 7.43. The lowest BCUT2D eigenvalue weighted by Gasteiger charge is -2.35. The number of amides is 2. The van der Waals surface area contributed by atoms with E-state index in [9.17, 15) is 27.6 Å². The fourth-order valence-electron chi connectivity index (χ4n) is 4.63. The van der Waals surface area contributed by atoms with Crippen LogP contribution in [0.2, 0.25) is 0 Å². The molecule has 2 amide bonds.